The van der Waals surface area contributed by atoms with Crippen LogP contribution in [0.3, 0.4) is 0 Å². The molecule has 11 aromatic rings. The van der Waals surface area contributed by atoms with Crippen LogP contribution in [0.25, 0.3) is 99.3 Å². The Hall–Kier alpha value is -7.31. The van der Waals surface area contributed by atoms with Gasteiger partial charge in [0.1, 0.15) is 22.3 Å². The van der Waals surface area contributed by atoms with Gasteiger partial charge < -0.3 is 8.83 Å². The van der Waals surface area contributed by atoms with Gasteiger partial charge >= 0.3 is 0 Å². The minimum Gasteiger partial charge on any atom is -0.455 e. The van der Waals surface area contributed by atoms with Crippen molar-refractivity contribution in [3.63, 3.8) is 0 Å². The first-order valence-electron chi connectivity index (χ1n) is 17.7. The molecule has 0 amide bonds. The monoisotopic (exact) mass is 678 g/mol. The lowest BCUT2D eigenvalue weighted by Crippen LogP contribution is -2.19. The van der Waals surface area contributed by atoms with Gasteiger partial charge in [-0.1, -0.05) is 127 Å². The highest BCUT2D eigenvalue weighted by atomic mass is 16.3. The summed E-state index contributed by atoms with van der Waals surface area (Å²) in [5, 5.41) is 8.66. The molecule has 6 heteroatoms. The second-order valence-corrected chi connectivity index (χ2v) is 13.5. The second-order valence-electron chi connectivity index (χ2n) is 13.5. The van der Waals surface area contributed by atoms with Gasteiger partial charge in [-0.05, 0) is 46.7 Å². The van der Waals surface area contributed by atoms with Crippen molar-refractivity contribution in [2.75, 3.05) is 4.90 Å². The molecule has 12 rings (SSSR count). The number of fused-ring (bicyclic) bond motifs is 10. The number of aromatic nitrogens is 3. The van der Waals surface area contributed by atoms with Gasteiger partial charge in [0.25, 0.3) is 0 Å². The standard InChI is InChI=1S/C47H26N4O2/c1-2-14-29-27(11-1)25-26-33-32-17-7-12-28-13-8-22-38(41(28)32)51(42(29)33)47-49-45(36-20-9-18-34-30-15-3-5-23-39(30)52-43(34)36)48-46(50-47)37-21-10-19-35-31-16-4-6-24-40(31)53-44(35)37/h1-26H. The maximum Gasteiger partial charge on any atom is 0.238 e. The van der Waals surface area contributed by atoms with Gasteiger partial charge in [-0.2, -0.15) is 9.97 Å². The zero-order valence-electron chi connectivity index (χ0n) is 28.1. The number of rotatable bonds is 3. The normalized spacial score (nSPS) is 12.5. The second kappa shape index (κ2) is 10.6. The maximum atomic E-state index is 6.55. The van der Waals surface area contributed by atoms with Crippen molar-refractivity contribution in [3.8, 4) is 33.9 Å². The number of benzene rings is 8. The van der Waals surface area contributed by atoms with Crippen molar-refractivity contribution in [1.29, 1.82) is 0 Å². The first-order valence-corrected chi connectivity index (χ1v) is 17.7. The topological polar surface area (TPSA) is 68.2 Å². The number of hydrogen-bond donors (Lipinski definition) is 0. The van der Waals surface area contributed by atoms with Crippen LogP contribution in [0.5, 0.6) is 0 Å². The SMILES string of the molecule is c1ccc2c3c(ccc2c1)-c1cccc2cccc(c12)N3c1nc(-c2cccc3c2oc2ccccc23)nc(-c2cccc3c2oc2ccccc23)n1. The highest BCUT2D eigenvalue weighted by Crippen LogP contribution is 2.53. The largest absolute Gasteiger partial charge is 0.455 e. The third-order valence-electron chi connectivity index (χ3n) is 10.7. The van der Waals surface area contributed by atoms with Gasteiger partial charge in [-0.25, -0.2) is 4.98 Å². The fraction of sp³-hybridized carbons (Fsp3) is 0. The Balaban J connectivity index is 1.21. The molecule has 53 heavy (non-hydrogen) atoms. The first kappa shape index (κ1) is 28.4. The van der Waals surface area contributed by atoms with E-state index in [0.717, 1.165) is 93.5 Å². The molecule has 0 saturated heterocycles. The van der Waals surface area contributed by atoms with Crippen LogP contribution in [0.2, 0.25) is 0 Å². The summed E-state index contributed by atoms with van der Waals surface area (Å²) in [5.74, 6) is 1.53. The molecule has 0 atom stereocenters. The van der Waals surface area contributed by atoms with E-state index in [9.17, 15) is 0 Å². The molecule has 0 bridgehead atoms. The molecule has 6 nitrogen and oxygen atoms in total. The van der Waals surface area contributed by atoms with Gasteiger partial charge in [-0.3, -0.25) is 4.90 Å². The third kappa shape index (κ3) is 4.00. The molecule has 1 aliphatic heterocycles. The van der Waals surface area contributed by atoms with E-state index in [-0.39, 0.29) is 0 Å². The van der Waals surface area contributed by atoms with Crippen LogP contribution < -0.4 is 4.90 Å². The molecule has 246 valence electrons. The molecule has 1 aliphatic rings. The summed E-state index contributed by atoms with van der Waals surface area (Å²) in [7, 11) is 0. The summed E-state index contributed by atoms with van der Waals surface area (Å²) in [6.45, 7) is 0. The molecular formula is C47H26N4O2. The summed E-state index contributed by atoms with van der Waals surface area (Å²) in [6.07, 6.45) is 0. The van der Waals surface area contributed by atoms with Crippen molar-refractivity contribution in [2.24, 2.45) is 0 Å². The Morgan fingerprint density at radius 2 is 0.906 bits per heavy atom. The lowest BCUT2D eigenvalue weighted by molar-refractivity contribution is 0.669. The Morgan fingerprint density at radius 1 is 0.377 bits per heavy atom. The van der Waals surface area contributed by atoms with Crippen molar-refractivity contribution in [2.45, 2.75) is 0 Å². The van der Waals surface area contributed by atoms with E-state index in [0.29, 0.717) is 17.6 Å². The number of hydrogen-bond acceptors (Lipinski definition) is 6. The number of furan rings is 2. The van der Waals surface area contributed by atoms with Gasteiger partial charge in [0.15, 0.2) is 11.6 Å². The number of para-hydroxylation sites is 4. The molecule has 0 saturated carbocycles. The molecule has 0 aliphatic carbocycles. The first-order chi connectivity index (χ1) is 26.3. The smallest absolute Gasteiger partial charge is 0.238 e. The minimum atomic E-state index is 0.505. The molecular weight excluding hydrogens is 653 g/mol. The molecule has 4 heterocycles. The minimum absolute atomic E-state index is 0.505. The van der Waals surface area contributed by atoms with Crippen LogP contribution in [-0.2, 0) is 0 Å². The van der Waals surface area contributed by atoms with Crippen molar-refractivity contribution in [1.82, 2.24) is 15.0 Å². The molecule has 3 aromatic heterocycles. The maximum absolute atomic E-state index is 6.55. The van der Waals surface area contributed by atoms with Gasteiger partial charge in [0.2, 0.25) is 5.95 Å². The van der Waals surface area contributed by atoms with E-state index in [1.807, 2.05) is 60.7 Å². The number of anilines is 3. The average molecular weight is 679 g/mol. The van der Waals surface area contributed by atoms with Gasteiger partial charge in [0, 0.05) is 37.9 Å². The van der Waals surface area contributed by atoms with E-state index in [1.54, 1.807) is 0 Å². The predicted octanol–water partition coefficient (Wildman–Crippen LogP) is 12.8. The molecule has 0 spiro atoms. The van der Waals surface area contributed by atoms with Crippen molar-refractivity contribution < 1.29 is 8.83 Å². The summed E-state index contributed by atoms with van der Waals surface area (Å²) in [4.78, 5) is 18.2. The third-order valence-corrected chi connectivity index (χ3v) is 10.7. The Kier molecular flexibility index (Phi) is 5.68. The van der Waals surface area contributed by atoms with Crippen molar-refractivity contribution in [3.05, 3.63) is 158 Å². The molecule has 8 aromatic carbocycles. The van der Waals surface area contributed by atoms with Crippen LogP contribution >= 0.6 is 0 Å². The van der Waals surface area contributed by atoms with Crippen LogP contribution in [0, 0.1) is 0 Å². The number of nitrogens with zero attached hydrogens (tertiary/aromatic N) is 4. The quantitative estimate of drug-likeness (QED) is 0.185. The lowest BCUT2D eigenvalue weighted by atomic mass is 9.89. The highest BCUT2D eigenvalue weighted by molar-refractivity contribution is 6.18. The van der Waals surface area contributed by atoms with Gasteiger partial charge in [0.05, 0.1) is 22.5 Å². The molecule has 0 unspecified atom stereocenters. The summed E-state index contributed by atoms with van der Waals surface area (Å²) in [5.41, 5.74) is 9.01. The van der Waals surface area contributed by atoms with E-state index in [1.165, 1.54) is 5.56 Å². The Bertz CT molecular complexity index is 3180. The Labute approximate surface area is 302 Å². The zero-order chi connectivity index (χ0) is 34.6. The van der Waals surface area contributed by atoms with Crippen LogP contribution in [0.15, 0.2) is 167 Å². The van der Waals surface area contributed by atoms with Crippen LogP contribution in [0.4, 0.5) is 17.3 Å². The molecule has 0 radical (unpaired) electrons. The van der Waals surface area contributed by atoms with Gasteiger partial charge in [-0.15, -0.1) is 0 Å². The zero-order valence-corrected chi connectivity index (χ0v) is 28.1. The highest BCUT2D eigenvalue weighted by Gasteiger charge is 2.31. The van der Waals surface area contributed by atoms with E-state index in [4.69, 9.17) is 23.8 Å². The van der Waals surface area contributed by atoms with Crippen LogP contribution in [0.1, 0.15) is 0 Å². The molecule has 0 fully saturated rings. The predicted molar refractivity (Wildman–Crippen MR) is 214 cm³/mol. The van der Waals surface area contributed by atoms with Crippen LogP contribution in [-0.4, -0.2) is 15.0 Å². The average Bonchev–Trinajstić information content (AvgIpc) is 3.80. The molecule has 0 N–H and O–H groups in total. The summed E-state index contributed by atoms with van der Waals surface area (Å²) < 4.78 is 13.1. The fourth-order valence-electron chi connectivity index (χ4n) is 8.33. The lowest BCUT2D eigenvalue weighted by Gasteiger charge is -2.33. The summed E-state index contributed by atoms with van der Waals surface area (Å²) in [6, 6.07) is 54.5. The Morgan fingerprint density at radius 3 is 1.58 bits per heavy atom. The van der Waals surface area contributed by atoms with E-state index < -0.39 is 0 Å². The summed E-state index contributed by atoms with van der Waals surface area (Å²) >= 11 is 0. The van der Waals surface area contributed by atoms with E-state index >= 15 is 0 Å². The fourth-order valence-corrected chi connectivity index (χ4v) is 8.33. The van der Waals surface area contributed by atoms with E-state index in [2.05, 4.69) is 102 Å². The van der Waals surface area contributed by atoms with Crippen molar-refractivity contribution >= 4 is 82.7 Å².